The molecule has 0 spiro atoms. The minimum Gasteiger partial charge on any atom is -0.237 e. The summed E-state index contributed by atoms with van der Waals surface area (Å²) in [5.41, 5.74) is 0.718. The third-order valence-corrected chi connectivity index (χ3v) is 1.85. The summed E-state index contributed by atoms with van der Waals surface area (Å²) in [7, 11) is -3.00. The van der Waals surface area contributed by atoms with Crippen LogP contribution < -0.4 is 0 Å². The van der Waals surface area contributed by atoms with Crippen molar-refractivity contribution < 1.29 is 41.1 Å². The Morgan fingerprint density at radius 2 is 1.67 bits per heavy atom. The van der Waals surface area contributed by atoms with Crippen LogP contribution in [0.4, 0.5) is 0 Å². The van der Waals surface area contributed by atoms with Gasteiger partial charge in [-0.3, -0.25) is 0 Å². The van der Waals surface area contributed by atoms with Crippen molar-refractivity contribution in [1.29, 1.82) is 0 Å². The van der Waals surface area contributed by atoms with Gasteiger partial charge in [0, 0.05) is 39.0 Å². The van der Waals surface area contributed by atoms with Crippen molar-refractivity contribution in [3.8, 4) is 0 Å². The maximum Gasteiger partial charge on any atom is 0.123 e. The van der Waals surface area contributed by atoms with Crippen LogP contribution in [-0.4, -0.2) is 14.7 Å². The van der Waals surface area contributed by atoms with Gasteiger partial charge in [-0.25, -0.2) is 8.42 Å². The van der Waals surface area contributed by atoms with Gasteiger partial charge in [-0.15, -0.1) is 12.1 Å². The molecule has 0 aliphatic rings. The molecule has 1 radical (unpaired) electrons. The molecule has 4 heteroatoms. The summed E-state index contributed by atoms with van der Waals surface area (Å²) in [6, 6.07) is 8.95. The Hall–Kier alpha value is 0.144. The Kier molecular flexibility index (Phi) is 5.06. The molecule has 0 unspecified atom stereocenters. The van der Waals surface area contributed by atoms with Crippen LogP contribution >= 0.6 is 0 Å². The fourth-order valence-corrected chi connectivity index (χ4v) is 1.43. The third kappa shape index (κ3) is 4.91. The van der Waals surface area contributed by atoms with Crippen LogP contribution in [0.1, 0.15) is 5.56 Å². The van der Waals surface area contributed by atoms with Crippen LogP contribution in [0, 0.1) is 5.75 Å². The molecular weight excluding hydrogens is 249 g/mol. The monoisotopic (exact) mass is 258 g/mol. The van der Waals surface area contributed by atoms with E-state index in [1.54, 1.807) is 24.3 Å². The first-order valence-electron chi connectivity index (χ1n) is 3.18. The molecule has 0 bridgehead atoms. The molecule has 0 aliphatic heterocycles. The predicted molar refractivity (Wildman–Crippen MR) is 44.7 cm³/mol. The average molecular weight is 258 g/mol. The number of benzene rings is 1. The zero-order valence-corrected chi connectivity index (χ0v) is 10.4. The van der Waals surface area contributed by atoms with Crippen molar-refractivity contribution in [2.24, 2.45) is 0 Å². The van der Waals surface area contributed by atoms with Gasteiger partial charge >= 0.3 is 0 Å². The summed E-state index contributed by atoms with van der Waals surface area (Å²) in [4.78, 5) is 0. The summed E-state index contributed by atoms with van der Waals surface area (Å²) in [6.07, 6.45) is 1.18. The molecular formula is C8H9O2SY-. The van der Waals surface area contributed by atoms with E-state index in [0.717, 1.165) is 5.56 Å². The molecule has 0 amide bonds. The number of hydrogen-bond acceptors (Lipinski definition) is 2. The second-order valence-corrected chi connectivity index (χ2v) is 4.25. The van der Waals surface area contributed by atoms with E-state index in [1.807, 2.05) is 6.07 Å². The molecule has 1 rings (SSSR count). The Bertz CT molecular complexity index is 318. The van der Waals surface area contributed by atoms with Gasteiger partial charge in [-0.2, -0.15) is 17.7 Å². The third-order valence-electron chi connectivity index (χ3n) is 1.15. The van der Waals surface area contributed by atoms with E-state index < -0.39 is 9.84 Å². The molecule has 0 atom stereocenters. The molecule has 1 aromatic carbocycles. The quantitative estimate of drug-likeness (QED) is 0.748. The van der Waals surface area contributed by atoms with Crippen molar-refractivity contribution in [3.05, 3.63) is 41.6 Å². The minimum absolute atomic E-state index is 0. The molecule has 12 heavy (non-hydrogen) atoms. The van der Waals surface area contributed by atoms with Crippen molar-refractivity contribution in [3.63, 3.8) is 0 Å². The maximum atomic E-state index is 10.7. The second kappa shape index (κ2) is 5.00. The van der Waals surface area contributed by atoms with Gasteiger partial charge < -0.3 is 0 Å². The Balaban J connectivity index is 0.00000121. The van der Waals surface area contributed by atoms with Gasteiger partial charge in [0.15, 0.2) is 0 Å². The normalized spacial score (nSPS) is 10.1. The number of sulfone groups is 1. The summed E-state index contributed by atoms with van der Waals surface area (Å²) in [5, 5.41) is 0. The van der Waals surface area contributed by atoms with Crippen LogP contribution in [0.5, 0.6) is 0 Å². The number of hydrogen-bond donors (Lipinski definition) is 0. The first kappa shape index (κ1) is 12.1. The summed E-state index contributed by atoms with van der Waals surface area (Å²) in [6.45, 7) is 0. The smallest absolute Gasteiger partial charge is 0.123 e. The Labute approximate surface area is 98.2 Å². The zero-order valence-electron chi connectivity index (χ0n) is 6.77. The van der Waals surface area contributed by atoms with Gasteiger partial charge in [0.25, 0.3) is 0 Å². The van der Waals surface area contributed by atoms with Crippen LogP contribution in [0.25, 0.3) is 0 Å². The van der Waals surface area contributed by atoms with Crippen LogP contribution in [0.2, 0.25) is 0 Å². The van der Waals surface area contributed by atoms with E-state index in [9.17, 15) is 8.42 Å². The Morgan fingerprint density at radius 3 is 2.08 bits per heavy atom. The average Bonchev–Trinajstić information content (AvgIpc) is 1.85. The fraction of sp³-hybridized carbons (Fsp3) is 0.125. The van der Waals surface area contributed by atoms with Gasteiger partial charge in [0.05, 0.1) is 0 Å². The molecule has 63 valence electrons. The molecule has 0 N–H and O–H groups in total. The molecule has 1 aromatic rings. The van der Waals surface area contributed by atoms with Crippen molar-refractivity contribution >= 4 is 9.84 Å². The molecule has 0 fully saturated rings. The molecule has 2 nitrogen and oxygen atoms in total. The fourth-order valence-electron chi connectivity index (χ4n) is 0.779. The standard InChI is InChI=1S/C8H9O2S.Y/c1-11(9,10)7-8-5-3-2-4-6-8;/h2-7H,1H3;/q-1;. The van der Waals surface area contributed by atoms with E-state index in [0.29, 0.717) is 0 Å². The van der Waals surface area contributed by atoms with Gasteiger partial charge in [0.1, 0.15) is 9.84 Å². The van der Waals surface area contributed by atoms with Crippen LogP contribution in [0.3, 0.4) is 0 Å². The molecule has 0 saturated carbocycles. The molecule has 0 heterocycles. The topological polar surface area (TPSA) is 34.1 Å². The van der Waals surface area contributed by atoms with Crippen LogP contribution in [0.15, 0.2) is 30.3 Å². The van der Waals surface area contributed by atoms with E-state index in [1.165, 1.54) is 12.0 Å². The summed E-state index contributed by atoms with van der Waals surface area (Å²) in [5.74, 6) is 1.24. The van der Waals surface area contributed by atoms with Gasteiger partial charge in [0.2, 0.25) is 0 Å². The maximum absolute atomic E-state index is 10.7. The summed E-state index contributed by atoms with van der Waals surface area (Å²) >= 11 is 0. The summed E-state index contributed by atoms with van der Waals surface area (Å²) < 4.78 is 21.5. The largest absolute Gasteiger partial charge is 0.237 e. The van der Waals surface area contributed by atoms with E-state index in [2.05, 4.69) is 0 Å². The first-order valence-corrected chi connectivity index (χ1v) is 5.13. The van der Waals surface area contributed by atoms with Gasteiger partial charge in [-0.1, -0.05) is 11.8 Å². The van der Waals surface area contributed by atoms with Crippen LogP contribution in [-0.2, 0) is 42.5 Å². The zero-order chi connectivity index (χ0) is 8.32. The predicted octanol–water partition coefficient (Wildman–Crippen LogP) is 1.24. The van der Waals surface area contributed by atoms with Crippen molar-refractivity contribution in [1.82, 2.24) is 0 Å². The minimum atomic E-state index is -3.00. The molecule has 0 aromatic heterocycles. The molecule has 0 aliphatic carbocycles. The molecule has 0 saturated heterocycles. The Morgan fingerprint density at radius 1 is 1.17 bits per heavy atom. The van der Waals surface area contributed by atoms with E-state index >= 15 is 0 Å². The van der Waals surface area contributed by atoms with Crippen molar-refractivity contribution in [2.75, 3.05) is 6.26 Å². The number of rotatable bonds is 2. The van der Waals surface area contributed by atoms with Crippen molar-refractivity contribution in [2.45, 2.75) is 0 Å². The van der Waals surface area contributed by atoms with E-state index in [-0.39, 0.29) is 32.7 Å². The first-order chi connectivity index (χ1) is 5.08. The van der Waals surface area contributed by atoms with Gasteiger partial charge in [-0.05, 0) is 0 Å². The van der Waals surface area contributed by atoms with E-state index in [4.69, 9.17) is 0 Å². The SMILES string of the molecule is CS(=O)(=O)[CH-]c1ccccc1.[Y]. The second-order valence-electron chi connectivity index (χ2n) is 2.36.